The lowest BCUT2D eigenvalue weighted by atomic mass is 9.98. The van der Waals surface area contributed by atoms with Gasteiger partial charge in [0.15, 0.2) is 0 Å². The number of hydrogen-bond acceptors (Lipinski definition) is 3. The van der Waals surface area contributed by atoms with Gasteiger partial charge in [0.2, 0.25) is 0 Å². The summed E-state index contributed by atoms with van der Waals surface area (Å²) in [6.07, 6.45) is 3.81. The van der Waals surface area contributed by atoms with E-state index < -0.39 is 0 Å². The van der Waals surface area contributed by atoms with E-state index >= 15 is 0 Å². The third kappa shape index (κ3) is 6.28. The minimum absolute atomic E-state index is 0.213. The Morgan fingerprint density at radius 2 is 2.00 bits per heavy atom. The Bertz CT molecular complexity index is 86.2. The number of rotatable bonds is 6. The second-order valence-corrected chi connectivity index (χ2v) is 3.09. The molecule has 0 aromatic heterocycles. The summed E-state index contributed by atoms with van der Waals surface area (Å²) in [5.41, 5.74) is 10.8. The molecule has 0 bridgehead atoms. The van der Waals surface area contributed by atoms with E-state index in [0.717, 1.165) is 25.7 Å². The first-order valence-electron chi connectivity index (χ1n) is 4.32. The molecule has 0 rings (SSSR count). The van der Waals surface area contributed by atoms with Crippen molar-refractivity contribution >= 4 is 0 Å². The molecule has 1 atom stereocenters. The monoisotopic (exact) mass is 160 g/mol. The molecule has 0 spiro atoms. The van der Waals surface area contributed by atoms with Crippen molar-refractivity contribution < 1.29 is 5.11 Å². The van der Waals surface area contributed by atoms with Crippen LogP contribution in [0.5, 0.6) is 0 Å². The van der Waals surface area contributed by atoms with Crippen LogP contribution in [0.1, 0.15) is 32.6 Å². The summed E-state index contributed by atoms with van der Waals surface area (Å²) < 4.78 is 0. The van der Waals surface area contributed by atoms with Gasteiger partial charge in [0, 0.05) is 6.61 Å². The summed E-state index contributed by atoms with van der Waals surface area (Å²) in [6.45, 7) is 2.35. The first-order valence-corrected chi connectivity index (χ1v) is 4.32. The SMILES string of the molecule is CCCCC(CO)CC(N)N. The maximum atomic E-state index is 8.89. The average molecular weight is 160 g/mol. The van der Waals surface area contributed by atoms with Crippen LogP contribution in [-0.4, -0.2) is 17.9 Å². The number of aliphatic hydroxyl groups is 1. The van der Waals surface area contributed by atoms with Gasteiger partial charge in [0.1, 0.15) is 0 Å². The molecule has 0 radical (unpaired) electrons. The largest absolute Gasteiger partial charge is 0.396 e. The van der Waals surface area contributed by atoms with Crippen LogP contribution in [0.2, 0.25) is 0 Å². The van der Waals surface area contributed by atoms with Crippen molar-refractivity contribution in [3.05, 3.63) is 0 Å². The van der Waals surface area contributed by atoms with Crippen LogP contribution in [0.3, 0.4) is 0 Å². The van der Waals surface area contributed by atoms with E-state index in [0.29, 0.717) is 5.92 Å². The summed E-state index contributed by atoms with van der Waals surface area (Å²) in [4.78, 5) is 0. The summed E-state index contributed by atoms with van der Waals surface area (Å²) >= 11 is 0. The minimum Gasteiger partial charge on any atom is -0.396 e. The quantitative estimate of drug-likeness (QED) is 0.493. The predicted molar refractivity (Wildman–Crippen MR) is 46.9 cm³/mol. The van der Waals surface area contributed by atoms with Crippen LogP contribution in [0.25, 0.3) is 0 Å². The van der Waals surface area contributed by atoms with Crippen LogP contribution in [0.15, 0.2) is 0 Å². The highest BCUT2D eigenvalue weighted by Crippen LogP contribution is 2.11. The smallest absolute Gasteiger partial charge is 0.0524 e. The number of unbranched alkanes of at least 4 members (excludes halogenated alkanes) is 1. The average Bonchev–Trinajstić information content (AvgIpc) is 1.97. The molecule has 5 N–H and O–H groups in total. The van der Waals surface area contributed by atoms with Gasteiger partial charge in [-0.15, -0.1) is 0 Å². The number of aliphatic hydroxyl groups excluding tert-OH is 1. The summed E-state index contributed by atoms with van der Waals surface area (Å²) in [5.74, 6) is 0.301. The van der Waals surface area contributed by atoms with E-state index in [1.165, 1.54) is 0 Å². The van der Waals surface area contributed by atoms with Crippen molar-refractivity contribution in [2.24, 2.45) is 17.4 Å². The van der Waals surface area contributed by atoms with E-state index in [9.17, 15) is 0 Å². The first-order chi connectivity index (χ1) is 5.20. The Morgan fingerprint density at radius 3 is 2.36 bits per heavy atom. The highest BCUT2D eigenvalue weighted by atomic mass is 16.3. The third-order valence-corrected chi connectivity index (χ3v) is 1.83. The van der Waals surface area contributed by atoms with Crippen LogP contribution < -0.4 is 11.5 Å². The predicted octanol–water partition coefficient (Wildman–Crippen LogP) is 0.419. The number of hydrogen-bond donors (Lipinski definition) is 3. The molecule has 0 aromatic carbocycles. The minimum atomic E-state index is -0.274. The van der Waals surface area contributed by atoms with Crippen molar-refractivity contribution in [2.75, 3.05) is 6.61 Å². The van der Waals surface area contributed by atoms with Gasteiger partial charge in [0.05, 0.1) is 6.17 Å². The fourth-order valence-electron chi connectivity index (χ4n) is 1.16. The highest BCUT2D eigenvalue weighted by Gasteiger charge is 2.08. The van der Waals surface area contributed by atoms with Gasteiger partial charge in [-0.3, -0.25) is 0 Å². The fourth-order valence-corrected chi connectivity index (χ4v) is 1.16. The normalized spacial score (nSPS) is 13.9. The van der Waals surface area contributed by atoms with Gasteiger partial charge in [-0.1, -0.05) is 19.8 Å². The zero-order valence-corrected chi connectivity index (χ0v) is 7.29. The van der Waals surface area contributed by atoms with Gasteiger partial charge in [-0.2, -0.15) is 0 Å². The molecule has 0 fully saturated rings. The second-order valence-electron chi connectivity index (χ2n) is 3.09. The van der Waals surface area contributed by atoms with Gasteiger partial charge >= 0.3 is 0 Å². The van der Waals surface area contributed by atoms with Gasteiger partial charge in [-0.05, 0) is 18.8 Å². The molecular formula is C8H20N2O. The lowest BCUT2D eigenvalue weighted by Crippen LogP contribution is -2.33. The molecule has 0 saturated heterocycles. The van der Waals surface area contributed by atoms with Crippen molar-refractivity contribution in [3.8, 4) is 0 Å². The van der Waals surface area contributed by atoms with Crippen LogP contribution >= 0.6 is 0 Å². The van der Waals surface area contributed by atoms with Gasteiger partial charge < -0.3 is 16.6 Å². The molecule has 0 aromatic rings. The molecule has 3 nitrogen and oxygen atoms in total. The standard InChI is InChI=1S/C8H20N2O/c1-2-3-4-7(6-11)5-8(9)10/h7-8,11H,2-6,9-10H2,1H3. The van der Waals surface area contributed by atoms with Crippen LogP contribution in [-0.2, 0) is 0 Å². The van der Waals surface area contributed by atoms with Crippen molar-refractivity contribution in [2.45, 2.75) is 38.8 Å². The molecule has 0 aliphatic heterocycles. The molecule has 0 amide bonds. The first kappa shape index (κ1) is 10.9. The molecule has 11 heavy (non-hydrogen) atoms. The van der Waals surface area contributed by atoms with E-state index in [-0.39, 0.29) is 12.8 Å². The lowest BCUT2D eigenvalue weighted by Gasteiger charge is -2.15. The van der Waals surface area contributed by atoms with E-state index in [1.54, 1.807) is 0 Å². The molecular weight excluding hydrogens is 140 g/mol. The third-order valence-electron chi connectivity index (χ3n) is 1.83. The molecule has 3 heteroatoms. The number of nitrogens with two attached hydrogens (primary N) is 2. The Kier molecular flexibility index (Phi) is 6.51. The summed E-state index contributed by atoms with van der Waals surface area (Å²) in [5, 5.41) is 8.89. The fraction of sp³-hybridized carbons (Fsp3) is 1.00. The van der Waals surface area contributed by atoms with Crippen molar-refractivity contribution in [1.29, 1.82) is 0 Å². The van der Waals surface area contributed by atoms with Gasteiger partial charge in [0.25, 0.3) is 0 Å². The maximum Gasteiger partial charge on any atom is 0.0524 e. The highest BCUT2D eigenvalue weighted by molar-refractivity contribution is 4.62. The lowest BCUT2D eigenvalue weighted by molar-refractivity contribution is 0.201. The Balaban J connectivity index is 3.41. The van der Waals surface area contributed by atoms with Crippen molar-refractivity contribution in [3.63, 3.8) is 0 Å². The van der Waals surface area contributed by atoms with E-state index in [1.807, 2.05) is 0 Å². The molecule has 0 aliphatic carbocycles. The van der Waals surface area contributed by atoms with Crippen LogP contribution in [0.4, 0.5) is 0 Å². The van der Waals surface area contributed by atoms with Gasteiger partial charge in [-0.25, -0.2) is 0 Å². The Labute approximate surface area is 68.8 Å². The molecule has 0 heterocycles. The summed E-state index contributed by atoms with van der Waals surface area (Å²) in [6, 6.07) is 0. The summed E-state index contributed by atoms with van der Waals surface area (Å²) in [7, 11) is 0. The van der Waals surface area contributed by atoms with E-state index in [4.69, 9.17) is 16.6 Å². The topological polar surface area (TPSA) is 72.3 Å². The molecule has 0 saturated carbocycles. The van der Waals surface area contributed by atoms with E-state index in [2.05, 4.69) is 6.92 Å². The Hall–Kier alpha value is -0.120. The maximum absolute atomic E-state index is 8.89. The zero-order chi connectivity index (χ0) is 8.69. The second kappa shape index (κ2) is 6.58. The molecule has 1 unspecified atom stereocenters. The zero-order valence-electron chi connectivity index (χ0n) is 7.29. The van der Waals surface area contributed by atoms with Crippen LogP contribution in [0, 0.1) is 5.92 Å². The van der Waals surface area contributed by atoms with Crippen molar-refractivity contribution in [1.82, 2.24) is 0 Å². The Morgan fingerprint density at radius 1 is 1.36 bits per heavy atom. The molecule has 0 aliphatic rings. The molecule has 68 valence electrons.